The summed E-state index contributed by atoms with van der Waals surface area (Å²) in [7, 11) is 0. The van der Waals surface area contributed by atoms with Gasteiger partial charge < -0.3 is 0 Å². The van der Waals surface area contributed by atoms with Crippen LogP contribution in [0.2, 0.25) is 0 Å². The van der Waals surface area contributed by atoms with E-state index in [9.17, 15) is 0 Å². The van der Waals surface area contributed by atoms with Gasteiger partial charge in [0.15, 0.2) is 0 Å². The maximum absolute atomic E-state index is 2.32. The van der Waals surface area contributed by atoms with Crippen molar-refractivity contribution in [1.82, 2.24) is 0 Å². The first-order valence-corrected chi connectivity index (χ1v) is 5.71. The van der Waals surface area contributed by atoms with Crippen LogP contribution in [0.4, 0.5) is 0 Å². The Morgan fingerprint density at radius 2 is 1.62 bits per heavy atom. The zero-order valence-corrected chi connectivity index (χ0v) is 9.90. The van der Waals surface area contributed by atoms with E-state index >= 15 is 0 Å². The minimum Gasteiger partial charge on any atom is -0.0888 e. The van der Waals surface area contributed by atoms with E-state index in [0.717, 1.165) is 0 Å². The van der Waals surface area contributed by atoms with E-state index in [1.165, 1.54) is 38.5 Å². The first kappa shape index (κ1) is 12.7. The Morgan fingerprint density at radius 1 is 0.923 bits per heavy atom. The summed E-state index contributed by atoms with van der Waals surface area (Å²) in [6, 6.07) is 0. The SMILES string of the molecule is CC/C=C\CCCCCC(C)(C)C. The molecule has 0 atom stereocenters. The molecule has 0 aromatic carbocycles. The minimum atomic E-state index is 0.527. The third-order valence-electron chi connectivity index (χ3n) is 2.20. The van der Waals surface area contributed by atoms with Crippen molar-refractivity contribution in [2.45, 2.75) is 66.2 Å². The van der Waals surface area contributed by atoms with Gasteiger partial charge >= 0.3 is 0 Å². The number of rotatable bonds is 6. The van der Waals surface area contributed by atoms with Crippen LogP contribution >= 0.6 is 0 Å². The van der Waals surface area contributed by atoms with Gasteiger partial charge in [0.05, 0.1) is 0 Å². The van der Waals surface area contributed by atoms with Gasteiger partial charge in [0.1, 0.15) is 0 Å². The minimum absolute atomic E-state index is 0.527. The number of allylic oxidation sites excluding steroid dienone is 2. The van der Waals surface area contributed by atoms with Crippen molar-refractivity contribution in [2.75, 3.05) is 0 Å². The second kappa shape index (κ2) is 7.17. The molecule has 0 aromatic heterocycles. The molecule has 0 aliphatic carbocycles. The fourth-order valence-corrected chi connectivity index (χ4v) is 1.38. The van der Waals surface area contributed by atoms with Gasteiger partial charge in [-0.15, -0.1) is 0 Å². The van der Waals surface area contributed by atoms with Gasteiger partial charge in [0, 0.05) is 0 Å². The van der Waals surface area contributed by atoms with Gasteiger partial charge in [-0.3, -0.25) is 0 Å². The number of hydrogen-bond acceptors (Lipinski definition) is 0. The molecule has 0 rings (SSSR count). The highest BCUT2D eigenvalue weighted by Crippen LogP contribution is 2.22. The summed E-state index contributed by atoms with van der Waals surface area (Å²) >= 11 is 0. The van der Waals surface area contributed by atoms with Crippen molar-refractivity contribution >= 4 is 0 Å². The van der Waals surface area contributed by atoms with E-state index in [2.05, 4.69) is 39.8 Å². The molecule has 0 fully saturated rings. The van der Waals surface area contributed by atoms with Crippen LogP contribution in [0.3, 0.4) is 0 Å². The Balaban J connectivity index is 3.13. The Morgan fingerprint density at radius 3 is 2.15 bits per heavy atom. The van der Waals surface area contributed by atoms with Crippen molar-refractivity contribution in [3.05, 3.63) is 12.2 Å². The monoisotopic (exact) mass is 182 g/mol. The second-order valence-electron chi connectivity index (χ2n) is 5.04. The molecule has 13 heavy (non-hydrogen) atoms. The van der Waals surface area contributed by atoms with Crippen LogP contribution in [0.1, 0.15) is 66.2 Å². The highest BCUT2D eigenvalue weighted by molar-refractivity contribution is 4.79. The molecule has 0 aromatic rings. The summed E-state index contributed by atoms with van der Waals surface area (Å²) in [6.45, 7) is 9.16. The molecule has 0 amide bonds. The molecule has 0 spiro atoms. The standard InChI is InChI=1S/C13H26/c1-5-6-7-8-9-10-11-12-13(2,3)4/h6-7H,5,8-12H2,1-4H3/b7-6-. The Bertz CT molecular complexity index is 125. The first-order chi connectivity index (χ1) is 6.06. The molecule has 0 unspecified atom stereocenters. The molecule has 0 aliphatic heterocycles. The summed E-state index contributed by atoms with van der Waals surface area (Å²) < 4.78 is 0. The molecule has 0 N–H and O–H groups in total. The number of hydrogen-bond donors (Lipinski definition) is 0. The summed E-state index contributed by atoms with van der Waals surface area (Å²) in [6.07, 6.45) is 12.6. The number of unbranched alkanes of at least 4 members (excludes halogenated alkanes) is 3. The van der Waals surface area contributed by atoms with E-state index in [0.29, 0.717) is 5.41 Å². The van der Waals surface area contributed by atoms with Crippen molar-refractivity contribution in [3.63, 3.8) is 0 Å². The topological polar surface area (TPSA) is 0 Å². The fraction of sp³-hybridized carbons (Fsp3) is 0.846. The van der Waals surface area contributed by atoms with E-state index in [-0.39, 0.29) is 0 Å². The van der Waals surface area contributed by atoms with E-state index in [1.54, 1.807) is 0 Å². The average Bonchev–Trinajstić information content (AvgIpc) is 2.01. The lowest BCUT2D eigenvalue weighted by Gasteiger charge is -2.17. The Hall–Kier alpha value is -0.260. The van der Waals surface area contributed by atoms with Gasteiger partial charge in [-0.25, -0.2) is 0 Å². The van der Waals surface area contributed by atoms with Crippen LogP contribution < -0.4 is 0 Å². The third kappa shape index (κ3) is 11.7. The van der Waals surface area contributed by atoms with Crippen molar-refractivity contribution < 1.29 is 0 Å². The highest BCUT2D eigenvalue weighted by Gasteiger charge is 2.08. The van der Waals surface area contributed by atoms with Crippen LogP contribution in [-0.2, 0) is 0 Å². The maximum atomic E-state index is 2.32. The van der Waals surface area contributed by atoms with Crippen LogP contribution in [-0.4, -0.2) is 0 Å². The van der Waals surface area contributed by atoms with E-state index in [4.69, 9.17) is 0 Å². The zero-order chi connectivity index (χ0) is 10.2. The van der Waals surface area contributed by atoms with Crippen molar-refractivity contribution in [2.24, 2.45) is 5.41 Å². The van der Waals surface area contributed by atoms with Gasteiger partial charge in [-0.1, -0.05) is 52.7 Å². The predicted octanol–water partition coefficient (Wildman–Crippen LogP) is 4.95. The smallest absolute Gasteiger partial charge is 0.0351 e. The van der Waals surface area contributed by atoms with Crippen molar-refractivity contribution in [3.8, 4) is 0 Å². The van der Waals surface area contributed by atoms with E-state index < -0.39 is 0 Å². The van der Waals surface area contributed by atoms with Crippen LogP contribution in [0.15, 0.2) is 12.2 Å². The van der Waals surface area contributed by atoms with Gasteiger partial charge in [-0.2, -0.15) is 0 Å². The fourth-order valence-electron chi connectivity index (χ4n) is 1.38. The molecular formula is C13H26. The maximum Gasteiger partial charge on any atom is -0.0351 e. The quantitative estimate of drug-likeness (QED) is 0.403. The van der Waals surface area contributed by atoms with Crippen LogP contribution in [0.5, 0.6) is 0 Å². The molecule has 0 bridgehead atoms. The summed E-state index contributed by atoms with van der Waals surface area (Å²) in [5.74, 6) is 0. The second-order valence-corrected chi connectivity index (χ2v) is 5.04. The molecule has 78 valence electrons. The third-order valence-corrected chi connectivity index (χ3v) is 2.20. The summed E-state index contributed by atoms with van der Waals surface area (Å²) in [4.78, 5) is 0. The lowest BCUT2D eigenvalue weighted by molar-refractivity contribution is 0.358. The predicted molar refractivity (Wildman–Crippen MR) is 62.0 cm³/mol. The summed E-state index contributed by atoms with van der Waals surface area (Å²) in [5.41, 5.74) is 0.527. The largest absolute Gasteiger partial charge is 0.0888 e. The average molecular weight is 182 g/mol. The van der Waals surface area contributed by atoms with Crippen LogP contribution in [0.25, 0.3) is 0 Å². The summed E-state index contributed by atoms with van der Waals surface area (Å²) in [5, 5.41) is 0. The normalized spacial score (nSPS) is 12.6. The Labute approximate surface area is 84.4 Å². The van der Waals surface area contributed by atoms with E-state index in [1.807, 2.05) is 0 Å². The molecule has 0 saturated carbocycles. The first-order valence-electron chi connectivity index (χ1n) is 5.71. The van der Waals surface area contributed by atoms with Crippen molar-refractivity contribution in [1.29, 1.82) is 0 Å². The molecule has 0 heteroatoms. The molecule has 0 heterocycles. The zero-order valence-electron chi connectivity index (χ0n) is 9.90. The van der Waals surface area contributed by atoms with Gasteiger partial charge in [0.25, 0.3) is 0 Å². The molecule has 0 aliphatic rings. The lowest BCUT2D eigenvalue weighted by atomic mass is 9.89. The van der Waals surface area contributed by atoms with Gasteiger partial charge in [-0.05, 0) is 31.1 Å². The van der Waals surface area contributed by atoms with Gasteiger partial charge in [0.2, 0.25) is 0 Å². The molecular weight excluding hydrogens is 156 g/mol. The molecule has 0 saturated heterocycles. The Kier molecular flexibility index (Phi) is 7.03. The molecule has 0 nitrogen and oxygen atoms in total. The molecule has 0 radical (unpaired) electrons. The van der Waals surface area contributed by atoms with Crippen LogP contribution in [0, 0.1) is 5.41 Å². The highest BCUT2D eigenvalue weighted by atomic mass is 14.1. The lowest BCUT2D eigenvalue weighted by Crippen LogP contribution is -2.03.